The molecule has 2 rings (SSSR count). The van der Waals surface area contributed by atoms with Crippen molar-refractivity contribution in [3.63, 3.8) is 0 Å². The van der Waals surface area contributed by atoms with Crippen LogP contribution in [0.5, 0.6) is 5.75 Å². The fourth-order valence-electron chi connectivity index (χ4n) is 2.77. The van der Waals surface area contributed by atoms with Gasteiger partial charge in [0.25, 0.3) is 0 Å². The summed E-state index contributed by atoms with van der Waals surface area (Å²) >= 11 is 0. The van der Waals surface area contributed by atoms with Gasteiger partial charge in [0.05, 0.1) is 6.61 Å². The van der Waals surface area contributed by atoms with Gasteiger partial charge >= 0.3 is 5.97 Å². The summed E-state index contributed by atoms with van der Waals surface area (Å²) in [6.45, 7) is 10.4. The van der Waals surface area contributed by atoms with Crippen LogP contribution >= 0.6 is 0 Å². The van der Waals surface area contributed by atoms with E-state index in [0.29, 0.717) is 18.9 Å². The summed E-state index contributed by atoms with van der Waals surface area (Å²) in [7, 11) is 0. The smallest absolute Gasteiger partial charge is 0.350 e. The van der Waals surface area contributed by atoms with Crippen molar-refractivity contribution >= 4 is 5.97 Å². The van der Waals surface area contributed by atoms with Gasteiger partial charge < -0.3 is 9.47 Å². The van der Waals surface area contributed by atoms with Gasteiger partial charge in [0.2, 0.25) is 5.60 Å². The van der Waals surface area contributed by atoms with Crippen LogP contribution in [0.25, 0.3) is 0 Å². The zero-order valence-corrected chi connectivity index (χ0v) is 13.1. The summed E-state index contributed by atoms with van der Waals surface area (Å²) < 4.78 is 11.2. The zero-order valence-electron chi connectivity index (χ0n) is 13.1. The van der Waals surface area contributed by atoms with E-state index in [9.17, 15) is 4.79 Å². The minimum absolute atomic E-state index is 0.264. The second-order valence-corrected chi connectivity index (χ2v) is 5.99. The average molecular weight is 276 g/mol. The van der Waals surface area contributed by atoms with Gasteiger partial charge in [-0.3, -0.25) is 0 Å². The van der Waals surface area contributed by atoms with E-state index in [4.69, 9.17) is 9.47 Å². The molecule has 0 aromatic heterocycles. The molecule has 0 spiro atoms. The summed E-state index contributed by atoms with van der Waals surface area (Å²) in [5.74, 6) is 1.07. The molecule has 3 heteroatoms. The molecule has 1 aromatic rings. The Morgan fingerprint density at radius 3 is 2.75 bits per heavy atom. The molecule has 0 N–H and O–H groups in total. The van der Waals surface area contributed by atoms with Gasteiger partial charge in [-0.05, 0) is 49.8 Å². The van der Waals surface area contributed by atoms with Crippen LogP contribution in [0, 0.1) is 6.92 Å². The van der Waals surface area contributed by atoms with Gasteiger partial charge in [-0.1, -0.05) is 26.0 Å². The molecule has 0 saturated heterocycles. The van der Waals surface area contributed by atoms with Gasteiger partial charge in [-0.25, -0.2) is 4.79 Å². The lowest BCUT2D eigenvalue weighted by Crippen LogP contribution is -2.46. The lowest BCUT2D eigenvalue weighted by atomic mass is 9.86. The van der Waals surface area contributed by atoms with E-state index in [-0.39, 0.29) is 5.97 Å². The van der Waals surface area contributed by atoms with Crippen molar-refractivity contribution in [1.29, 1.82) is 0 Å². The van der Waals surface area contributed by atoms with Crippen molar-refractivity contribution in [2.45, 2.75) is 59.0 Å². The Kier molecular flexibility index (Phi) is 4.07. The molecule has 20 heavy (non-hydrogen) atoms. The summed E-state index contributed by atoms with van der Waals surface area (Å²) in [4.78, 5) is 12.1. The number of rotatable bonds is 3. The Bertz CT molecular complexity index is 519. The van der Waals surface area contributed by atoms with Crippen LogP contribution in [-0.4, -0.2) is 18.2 Å². The average Bonchev–Trinajstić information content (AvgIpc) is 2.39. The predicted molar refractivity (Wildman–Crippen MR) is 79.3 cm³/mol. The Hall–Kier alpha value is -1.51. The number of carbonyl (C=O) groups is 1. The number of carbonyl (C=O) groups excluding carboxylic acids is 1. The van der Waals surface area contributed by atoms with E-state index >= 15 is 0 Å². The van der Waals surface area contributed by atoms with Crippen LogP contribution in [0.3, 0.4) is 0 Å². The van der Waals surface area contributed by atoms with Crippen LogP contribution in [0.15, 0.2) is 12.1 Å². The molecule has 1 heterocycles. The first-order chi connectivity index (χ1) is 9.39. The van der Waals surface area contributed by atoms with Crippen molar-refractivity contribution in [2.24, 2.45) is 0 Å². The lowest BCUT2D eigenvalue weighted by Gasteiger charge is -2.35. The first-order valence-corrected chi connectivity index (χ1v) is 7.37. The number of ether oxygens (including phenoxy) is 2. The van der Waals surface area contributed by atoms with E-state index in [2.05, 4.69) is 26.0 Å². The van der Waals surface area contributed by atoms with Crippen molar-refractivity contribution in [3.8, 4) is 5.75 Å². The molecule has 0 saturated carbocycles. The maximum atomic E-state index is 12.1. The van der Waals surface area contributed by atoms with E-state index in [1.807, 2.05) is 20.8 Å². The van der Waals surface area contributed by atoms with Crippen molar-refractivity contribution in [2.75, 3.05) is 6.61 Å². The molecule has 0 amide bonds. The summed E-state index contributed by atoms with van der Waals surface area (Å²) in [6, 6.07) is 4.25. The quantitative estimate of drug-likeness (QED) is 0.788. The van der Waals surface area contributed by atoms with Crippen LogP contribution in [-0.2, 0) is 16.0 Å². The maximum absolute atomic E-state index is 12.1. The Labute approximate surface area is 121 Å². The predicted octanol–water partition coefficient (Wildman–Crippen LogP) is 3.77. The summed E-state index contributed by atoms with van der Waals surface area (Å²) in [5.41, 5.74) is 2.79. The molecule has 0 fully saturated rings. The van der Waals surface area contributed by atoms with E-state index in [1.54, 1.807) is 0 Å². The van der Waals surface area contributed by atoms with Crippen LogP contribution in [0.1, 0.15) is 56.7 Å². The number of benzene rings is 1. The first kappa shape index (κ1) is 14.9. The largest absolute Gasteiger partial charge is 0.475 e. The lowest BCUT2D eigenvalue weighted by molar-refractivity contribution is -0.161. The molecule has 0 bridgehead atoms. The standard InChI is InChI=1S/C17H24O3/c1-6-19-16(18)17(5)10-9-14-13(11(2)3)8-7-12(4)15(14)20-17/h7-8,11H,6,9-10H2,1-5H3. The third kappa shape index (κ3) is 2.54. The SMILES string of the molecule is CCOC(=O)C1(C)CCc2c(C(C)C)ccc(C)c2O1. The van der Waals surface area contributed by atoms with E-state index in [1.165, 1.54) is 11.1 Å². The molecular weight excluding hydrogens is 252 g/mol. The molecule has 1 unspecified atom stereocenters. The number of aryl methyl sites for hydroxylation is 1. The van der Waals surface area contributed by atoms with Crippen molar-refractivity contribution in [3.05, 3.63) is 28.8 Å². The number of esters is 1. The fraction of sp³-hybridized carbons (Fsp3) is 0.588. The van der Waals surface area contributed by atoms with Gasteiger partial charge in [0.1, 0.15) is 5.75 Å². The third-order valence-electron chi connectivity index (χ3n) is 4.00. The van der Waals surface area contributed by atoms with Crippen molar-refractivity contribution in [1.82, 2.24) is 0 Å². The molecule has 1 aliphatic rings. The molecule has 1 aliphatic heterocycles. The number of fused-ring (bicyclic) bond motifs is 1. The third-order valence-corrected chi connectivity index (χ3v) is 4.00. The molecule has 0 radical (unpaired) electrons. The van der Waals surface area contributed by atoms with Gasteiger partial charge in [0, 0.05) is 6.42 Å². The molecule has 3 nitrogen and oxygen atoms in total. The number of hydrogen-bond acceptors (Lipinski definition) is 3. The first-order valence-electron chi connectivity index (χ1n) is 7.37. The fourth-order valence-corrected chi connectivity index (χ4v) is 2.77. The molecule has 110 valence electrons. The van der Waals surface area contributed by atoms with Gasteiger partial charge in [0.15, 0.2) is 0 Å². The van der Waals surface area contributed by atoms with Crippen LogP contribution in [0.2, 0.25) is 0 Å². The van der Waals surface area contributed by atoms with Crippen LogP contribution in [0.4, 0.5) is 0 Å². The Balaban J connectivity index is 2.39. The van der Waals surface area contributed by atoms with Gasteiger partial charge in [-0.2, -0.15) is 0 Å². The van der Waals surface area contributed by atoms with E-state index in [0.717, 1.165) is 17.7 Å². The summed E-state index contributed by atoms with van der Waals surface area (Å²) in [5, 5.41) is 0. The monoisotopic (exact) mass is 276 g/mol. The molecular formula is C17H24O3. The maximum Gasteiger partial charge on any atom is 0.350 e. The molecule has 1 aromatic carbocycles. The minimum Gasteiger partial charge on any atom is -0.475 e. The van der Waals surface area contributed by atoms with Crippen molar-refractivity contribution < 1.29 is 14.3 Å². The molecule has 0 aliphatic carbocycles. The second kappa shape index (κ2) is 5.47. The summed E-state index contributed by atoms with van der Waals surface area (Å²) in [6.07, 6.45) is 1.53. The van der Waals surface area contributed by atoms with E-state index < -0.39 is 5.60 Å². The topological polar surface area (TPSA) is 35.5 Å². The number of hydrogen-bond donors (Lipinski definition) is 0. The highest BCUT2D eigenvalue weighted by molar-refractivity contribution is 5.80. The highest BCUT2D eigenvalue weighted by Gasteiger charge is 2.41. The zero-order chi connectivity index (χ0) is 14.9. The minimum atomic E-state index is -0.858. The highest BCUT2D eigenvalue weighted by atomic mass is 16.6. The van der Waals surface area contributed by atoms with Gasteiger partial charge in [-0.15, -0.1) is 0 Å². The van der Waals surface area contributed by atoms with Crippen LogP contribution < -0.4 is 4.74 Å². The Morgan fingerprint density at radius 2 is 2.15 bits per heavy atom. The highest BCUT2D eigenvalue weighted by Crippen LogP contribution is 2.40. The Morgan fingerprint density at radius 1 is 1.45 bits per heavy atom. The second-order valence-electron chi connectivity index (χ2n) is 5.99. The molecule has 1 atom stereocenters. The normalized spacial score (nSPS) is 21.3.